The summed E-state index contributed by atoms with van der Waals surface area (Å²) >= 11 is 0. The number of benzene rings is 1. The van der Waals surface area contributed by atoms with Gasteiger partial charge in [-0.1, -0.05) is 30.3 Å². The van der Waals surface area contributed by atoms with E-state index >= 15 is 0 Å². The summed E-state index contributed by atoms with van der Waals surface area (Å²) in [7, 11) is 1.58. The lowest BCUT2D eigenvalue weighted by molar-refractivity contribution is -0.165. The third kappa shape index (κ3) is 6.84. The predicted octanol–water partition coefficient (Wildman–Crippen LogP) is 2.70. The van der Waals surface area contributed by atoms with Crippen LogP contribution in [0, 0.1) is 11.8 Å². The molecule has 0 radical (unpaired) electrons. The molecule has 6 heteroatoms. The van der Waals surface area contributed by atoms with Crippen molar-refractivity contribution in [1.29, 1.82) is 0 Å². The molecular formula is C19H26O6. The van der Waals surface area contributed by atoms with E-state index < -0.39 is 0 Å². The summed E-state index contributed by atoms with van der Waals surface area (Å²) in [5, 5.41) is 0. The van der Waals surface area contributed by atoms with Crippen LogP contribution in [-0.4, -0.2) is 39.1 Å². The second-order valence-electron chi connectivity index (χ2n) is 6.12. The molecule has 25 heavy (non-hydrogen) atoms. The van der Waals surface area contributed by atoms with Gasteiger partial charge in [-0.15, -0.1) is 0 Å². The number of carbonyl (C=O) groups excluding carboxylic acids is 2. The highest BCUT2D eigenvalue weighted by Gasteiger charge is 2.31. The van der Waals surface area contributed by atoms with Crippen LogP contribution < -0.4 is 0 Å². The van der Waals surface area contributed by atoms with Crippen LogP contribution in [0.3, 0.4) is 0 Å². The van der Waals surface area contributed by atoms with E-state index in [1.54, 1.807) is 7.11 Å². The molecule has 6 nitrogen and oxygen atoms in total. The van der Waals surface area contributed by atoms with Gasteiger partial charge in [-0.3, -0.25) is 9.59 Å². The number of methoxy groups -OCH3 is 1. The van der Waals surface area contributed by atoms with Crippen LogP contribution in [0.1, 0.15) is 31.2 Å². The standard InChI is InChI=1S/C19H26O6/c1-22-11-12-23-14-25-19(21)17-9-7-16(8-10-17)18(20)24-13-15-5-3-2-4-6-15/h2-6,16-17H,7-14H2,1H3. The van der Waals surface area contributed by atoms with Crippen molar-refractivity contribution in [2.45, 2.75) is 32.3 Å². The molecule has 0 unspecified atom stereocenters. The van der Waals surface area contributed by atoms with Gasteiger partial charge in [-0.2, -0.15) is 0 Å². The van der Waals surface area contributed by atoms with E-state index in [2.05, 4.69) is 0 Å². The lowest BCUT2D eigenvalue weighted by atomic mass is 9.82. The van der Waals surface area contributed by atoms with Gasteiger partial charge in [0.1, 0.15) is 6.61 Å². The highest BCUT2D eigenvalue weighted by molar-refractivity contribution is 5.75. The second-order valence-corrected chi connectivity index (χ2v) is 6.12. The first kappa shape index (κ1) is 19.4. The topological polar surface area (TPSA) is 71.1 Å². The molecule has 1 aromatic carbocycles. The van der Waals surface area contributed by atoms with Crippen molar-refractivity contribution in [1.82, 2.24) is 0 Å². The van der Waals surface area contributed by atoms with E-state index in [4.69, 9.17) is 18.9 Å². The summed E-state index contributed by atoms with van der Waals surface area (Å²) in [5.74, 6) is -0.734. The lowest BCUT2D eigenvalue weighted by Gasteiger charge is -2.25. The molecule has 2 rings (SSSR count). The molecule has 1 aliphatic carbocycles. The van der Waals surface area contributed by atoms with Crippen LogP contribution in [0.25, 0.3) is 0 Å². The third-order valence-corrected chi connectivity index (χ3v) is 4.33. The maximum absolute atomic E-state index is 12.2. The quantitative estimate of drug-likeness (QED) is 0.387. The Morgan fingerprint density at radius 3 is 2.12 bits per heavy atom. The summed E-state index contributed by atoms with van der Waals surface area (Å²) in [4.78, 5) is 24.1. The minimum Gasteiger partial charge on any atom is -0.461 e. The minimum atomic E-state index is -0.256. The molecule has 0 aromatic heterocycles. The number of hydrogen-bond donors (Lipinski definition) is 0. The molecule has 138 valence electrons. The lowest BCUT2D eigenvalue weighted by Crippen LogP contribution is -2.28. The van der Waals surface area contributed by atoms with E-state index in [9.17, 15) is 9.59 Å². The van der Waals surface area contributed by atoms with Crippen LogP contribution in [0.2, 0.25) is 0 Å². The summed E-state index contributed by atoms with van der Waals surface area (Å²) in [5.41, 5.74) is 0.974. The average molecular weight is 350 g/mol. The molecule has 0 atom stereocenters. The average Bonchev–Trinajstić information content (AvgIpc) is 2.66. The van der Waals surface area contributed by atoms with Crippen LogP contribution >= 0.6 is 0 Å². The van der Waals surface area contributed by atoms with Crippen LogP contribution in [0.5, 0.6) is 0 Å². The Hall–Kier alpha value is -1.92. The Labute approximate surface area is 148 Å². The molecule has 1 aromatic rings. The first-order chi connectivity index (χ1) is 12.2. The van der Waals surface area contributed by atoms with E-state index in [-0.39, 0.29) is 30.6 Å². The first-order valence-corrected chi connectivity index (χ1v) is 8.64. The zero-order chi connectivity index (χ0) is 17.9. The van der Waals surface area contributed by atoms with Gasteiger partial charge in [0.25, 0.3) is 0 Å². The molecule has 0 N–H and O–H groups in total. The van der Waals surface area contributed by atoms with Crippen molar-refractivity contribution in [3.05, 3.63) is 35.9 Å². The van der Waals surface area contributed by atoms with Gasteiger partial charge in [-0.25, -0.2) is 0 Å². The Morgan fingerprint density at radius 1 is 0.920 bits per heavy atom. The minimum absolute atomic E-state index is 0.0543. The van der Waals surface area contributed by atoms with Gasteiger partial charge in [0.05, 0.1) is 25.0 Å². The van der Waals surface area contributed by atoms with Gasteiger partial charge in [-0.05, 0) is 31.2 Å². The van der Waals surface area contributed by atoms with E-state index in [1.807, 2.05) is 30.3 Å². The first-order valence-electron chi connectivity index (χ1n) is 8.64. The van der Waals surface area contributed by atoms with E-state index in [1.165, 1.54) is 0 Å². The van der Waals surface area contributed by atoms with Crippen LogP contribution in [-0.2, 0) is 35.1 Å². The van der Waals surface area contributed by atoms with Crippen LogP contribution in [0.4, 0.5) is 0 Å². The maximum Gasteiger partial charge on any atom is 0.311 e. The van der Waals surface area contributed by atoms with Gasteiger partial charge < -0.3 is 18.9 Å². The molecule has 0 aliphatic heterocycles. The smallest absolute Gasteiger partial charge is 0.311 e. The molecule has 1 aliphatic rings. The molecule has 0 heterocycles. The van der Waals surface area contributed by atoms with Crippen molar-refractivity contribution in [2.75, 3.05) is 27.1 Å². The highest BCUT2D eigenvalue weighted by Crippen LogP contribution is 2.30. The number of hydrogen-bond acceptors (Lipinski definition) is 6. The van der Waals surface area contributed by atoms with E-state index in [0.717, 1.165) is 5.56 Å². The molecule has 1 fully saturated rings. The SMILES string of the molecule is COCCOCOC(=O)C1CCC(C(=O)OCc2ccccc2)CC1. The Balaban J connectivity index is 1.63. The fraction of sp³-hybridized carbons (Fsp3) is 0.579. The Morgan fingerprint density at radius 2 is 1.52 bits per heavy atom. The van der Waals surface area contributed by atoms with Gasteiger partial charge in [0, 0.05) is 7.11 Å². The zero-order valence-electron chi connectivity index (χ0n) is 14.6. The largest absolute Gasteiger partial charge is 0.461 e. The molecule has 0 saturated heterocycles. The van der Waals surface area contributed by atoms with Crippen molar-refractivity contribution in [2.24, 2.45) is 11.8 Å². The normalized spacial score (nSPS) is 20.0. The van der Waals surface area contributed by atoms with Crippen LogP contribution in [0.15, 0.2) is 30.3 Å². The molecule has 0 bridgehead atoms. The third-order valence-electron chi connectivity index (χ3n) is 4.33. The van der Waals surface area contributed by atoms with Crippen molar-refractivity contribution in [3.8, 4) is 0 Å². The maximum atomic E-state index is 12.2. The molecule has 1 saturated carbocycles. The molecule has 0 amide bonds. The van der Waals surface area contributed by atoms with Gasteiger partial charge in [0.2, 0.25) is 0 Å². The van der Waals surface area contributed by atoms with Gasteiger partial charge >= 0.3 is 11.9 Å². The molecular weight excluding hydrogens is 324 g/mol. The van der Waals surface area contributed by atoms with E-state index in [0.29, 0.717) is 45.5 Å². The number of ether oxygens (including phenoxy) is 4. The fourth-order valence-electron chi connectivity index (χ4n) is 2.83. The van der Waals surface area contributed by atoms with Gasteiger partial charge in [0.15, 0.2) is 6.79 Å². The summed E-state index contributed by atoms with van der Waals surface area (Å²) < 4.78 is 20.4. The summed E-state index contributed by atoms with van der Waals surface area (Å²) in [6, 6.07) is 9.61. The highest BCUT2D eigenvalue weighted by atomic mass is 16.7. The van der Waals surface area contributed by atoms with Crippen molar-refractivity contribution >= 4 is 11.9 Å². The van der Waals surface area contributed by atoms with Crippen molar-refractivity contribution < 1.29 is 28.5 Å². The predicted molar refractivity (Wildman–Crippen MR) is 90.5 cm³/mol. The Kier molecular flexibility index (Phi) is 8.42. The summed E-state index contributed by atoms with van der Waals surface area (Å²) in [6.45, 7) is 1.10. The van der Waals surface area contributed by atoms with Crippen molar-refractivity contribution in [3.63, 3.8) is 0 Å². The molecule has 0 spiro atoms. The zero-order valence-corrected chi connectivity index (χ0v) is 14.6. The second kappa shape index (κ2) is 10.8. The monoisotopic (exact) mass is 350 g/mol. The fourth-order valence-corrected chi connectivity index (χ4v) is 2.83. The number of rotatable bonds is 9. The number of carbonyl (C=O) groups is 2. The number of esters is 2. The Bertz CT molecular complexity index is 522. The summed E-state index contributed by atoms with van der Waals surface area (Å²) in [6.07, 6.45) is 2.58.